The second-order valence-corrected chi connectivity index (χ2v) is 6.51. The highest BCUT2D eigenvalue weighted by Gasteiger charge is 2.10. The molecule has 0 spiro atoms. The normalized spacial score (nSPS) is 15.3. The highest BCUT2D eigenvalue weighted by atomic mass is 32.2. The molecule has 120 valence electrons. The van der Waals surface area contributed by atoms with Crippen LogP contribution in [0.3, 0.4) is 0 Å². The van der Waals surface area contributed by atoms with E-state index >= 15 is 0 Å². The van der Waals surface area contributed by atoms with Gasteiger partial charge >= 0.3 is 0 Å². The van der Waals surface area contributed by atoms with Gasteiger partial charge in [0.1, 0.15) is 12.4 Å². The lowest BCUT2D eigenvalue weighted by molar-refractivity contribution is 0.100. The third kappa shape index (κ3) is 4.81. The molecule has 2 heterocycles. The number of aliphatic imine (C=N–C) groups is 1. The van der Waals surface area contributed by atoms with Crippen molar-refractivity contribution in [3.05, 3.63) is 59.9 Å². The number of hydrogen-bond donors (Lipinski definition) is 1. The fourth-order valence-electron chi connectivity index (χ4n) is 2.36. The van der Waals surface area contributed by atoms with Crippen LogP contribution >= 0.6 is 11.8 Å². The van der Waals surface area contributed by atoms with E-state index in [0.29, 0.717) is 13.0 Å². The van der Waals surface area contributed by atoms with Gasteiger partial charge in [-0.25, -0.2) is 0 Å². The van der Waals surface area contributed by atoms with Crippen LogP contribution in [0.2, 0.25) is 0 Å². The molecule has 4 nitrogen and oxygen atoms in total. The van der Waals surface area contributed by atoms with Crippen LogP contribution in [-0.2, 0) is 6.42 Å². The third-order valence-corrected chi connectivity index (χ3v) is 4.64. The van der Waals surface area contributed by atoms with Gasteiger partial charge in [-0.3, -0.25) is 9.98 Å². The van der Waals surface area contributed by atoms with Crippen molar-refractivity contribution in [2.45, 2.75) is 18.9 Å². The average Bonchev–Trinajstić information content (AvgIpc) is 3.14. The van der Waals surface area contributed by atoms with Crippen LogP contribution in [0, 0.1) is 0 Å². The lowest BCUT2D eigenvalue weighted by Crippen LogP contribution is -2.18. The van der Waals surface area contributed by atoms with E-state index in [-0.39, 0.29) is 0 Å². The fourth-order valence-corrected chi connectivity index (χ4v) is 3.22. The lowest BCUT2D eigenvalue weighted by Gasteiger charge is -2.12. The summed E-state index contributed by atoms with van der Waals surface area (Å²) in [4.78, 5) is 8.53. The van der Waals surface area contributed by atoms with Crippen molar-refractivity contribution >= 4 is 16.8 Å². The van der Waals surface area contributed by atoms with Crippen molar-refractivity contribution in [2.24, 2.45) is 4.99 Å². The van der Waals surface area contributed by atoms with Gasteiger partial charge < -0.3 is 9.84 Å². The van der Waals surface area contributed by atoms with Crippen LogP contribution in [0.1, 0.15) is 17.5 Å². The molecule has 3 rings (SSSR count). The minimum atomic E-state index is -0.482. The van der Waals surface area contributed by atoms with Gasteiger partial charge in [0.15, 0.2) is 0 Å². The first-order chi connectivity index (χ1) is 11.3. The number of rotatable bonds is 7. The molecule has 0 aliphatic carbocycles. The van der Waals surface area contributed by atoms with Crippen molar-refractivity contribution in [3.63, 3.8) is 0 Å². The maximum atomic E-state index is 10.0. The molecule has 0 saturated heterocycles. The number of nitrogens with zero attached hydrogens (tertiary/aromatic N) is 2. The van der Waals surface area contributed by atoms with Crippen molar-refractivity contribution in [2.75, 3.05) is 18.9 Å². The van der Waals surface area contributed by atoms with Gasteiger partial charge in [0, 0.05) is 30.3 Å². The predicted octanol–water partition coefficient (Wildman–Crippen LogP) is 2.95. The average molecular weight is 328 g/mol. The van der Waals surface area contributed by atoms with Gasteiger partial charge in [-0.2, -0.15) is 0 Å². The van der Waals surface area contributed by atoms with Gasteiger partial charge in [0.2, 0.25) is 0 Å². The van der Waals surface area contributed by atoms with E-state index in [1.807, 2.05) is 42.6 Å². The summed E-state index contributed by atoms with van der Waals surface area (Å²) in [6.45, 7) is 1.21. The van der Waals surface area contributed by atoms with Gasteiger partial charge in [0.25, 0.3) is 0 Å². The number of pyridine rings is 1. The van der Waals surface area contributed by atoms with Crippen LogP contribution < -0.4 is 4.74 Å². The summed E-state index contributed by atoms with van der Waals surface area (Å²) in [5.74, 6) is 1.84. The van der Waals surface area contributed by atoms with Crippen LogP contribution in [0.15, 0.2) is 53.8 Å². The molecule has 1 aromatic carbocycles. The molecule has 0 unspecified atom stereocenters. The molecule has 0 fully saturated rings. The van der Waals surface area contributed by atoms with Crippen molar-refractivity contribution in [1.29, 1.82) is 0 Å². The number of thioether (sulfide) groups is 1. The minimum Gasteiger partial charge on any atom is -0.491 e. The maximum Gasteiger partial charge on any atom is 0.119 e. The quantitative estimate of drug-likeness (QED) is 0.849. The zero-order valence-corrected chi connectivity index (χ0v) is 13.7. The molecular formula is C18H20N2O2S. The molecular weight excluding hydrogens is 308 g/mol. The highest BCUT2D eigenvalue weighted by Crippen LogP contribution is 2.21. The summed E-state index contributed by atoms with van der Waals surface area (Å²) >= 11 is 1.79. The molecule has 1 aliphatic heterocycles. The Morgan fingerprint density at radius 2 is 2.09 bits per heavy atom. The Labute approximate surface area is 140 Å². The Hall–Kier alpha value is -1.85. The zero-order valence-electron chi connectivity index (χ0n) is 12.9. The molecule has 1 aromatic heterocycles. The number of ether oxygens (including phenoxy) is 1. The van der Waals surface area contributed by atoms with E-state index in [4.69, 9.17) is 4.74 Å². The molecule has 0 saturated carbocycles. The smallest absolute Gasteiger partial charge is 0.119 e. The first-order valence-corrected chi connectivity index (χ1v) is 8.77. The minimum absolute atomic E-state index is 0.301. The number of hydrogen-bond acceptors (Lipinski definition) is 5. The first kappa shape index (κ1) is 16.0. The molecule has 5 heteroatoms. The van der Waals surface area contributed by atoms with Crippen LogP contribution in [0.4, 0.5) is 0 Å². The van der Waals surface area contributed by atoms with E-state index in [1.54, 1.807) is 18.0 Å². The molecule has 1 atom stereocenters. The summed E-state index contributed by atoms with van der Waals surface area (Å²) in [7, 11) is 0. The van der Waals surface area contributed by atoms with Crippen molar-refractivity contribution < 1.29 is 9.84 Å². The molecule has 0 bridgehead atoms. The number of benzene rings is 1. The first-order valence-electron chi connectivity index (χ1n) is 7.79. The van der Waals surface area contributed by atoms with Crippen molar-refractivity contribution in [1.82, 2.24) is 4.98 Å². The van der Waals surface area contributed by atoms with Crippen LogP contribution in [-0.4, -0.2) is 40.1 Å². The number of aromatic nitrogens is 1. The topological polar surface area (TPSA) is 54.7 Å². The van der Waals surface area contributed by atoms with E-state index in [9.17, 15) is 5.11 Å². The van der Waals surface area contributed by atoms with Gasteiger partial charge in [0.05, 0.1) is 11.1 Å². The van der Waals surface area contributed by atoms with Crippen molar-refractivity contribution in [3.8, 4) is 5.75 Å². The Kier molecular flexibility index (Phi) is 5.66. The monoisotopic (exact) mass is 328 g/mol. The maximum absolute atomic E-state index is 10.0. The van der Waals surface area contributed by atoms with E-state index in [1.165, 1.54) is 0 Å². The number of aryl methyl sites for hydroxylation is 1. The van der Waals surface area contributed by atoms with Gasteiger partial charge in [-0.05, 0) is 48.7 Å². The van der Waals surface area contributed by atoms with E-state index in [0.717, 1.165) is 40.6 Å². The fraction of sp³-hybridized carbons (Fsp3) is 0.333. The van der Waals surface area contributed by atoms with E-state index < -0.39 is 6.10 Å². The van der Waals surface area contributed by atoms with Gasteiger partial charge in [-0.15, -0.1) is 11.8 Å². The third-order valence-electron chi connectivity index (χ3n) is 3.62. The Morgan fingerprint density at radius 3 is 2.78 bits per heavy atom. The molecule has 1 N–H and O–H groups in total. The summed E-state index contributed by atoms with van der Waals surface area (Å²) in [6.07, 6.45) is 4.56. The van der Waals surface area contributed by atoms with Crippen LogP contribution in [0.5, 0.6) is 5.75 Å². The summed E-state index contributed by atoms with van der Waals surface area (Å²) in [5.41, 5.74) is 2.27. The SMILES string of the molecule is O[C@H](CCc1cccnc1)COc1ccc(C2=NCCS2)cc1. The summed E-state index contributed by atoms with van der Waals surface area (Å²) in [5, 5.41) is 11.1. The molecule has 0 amide bonds. The highest BCUT2D eigenvalue weighted by molar-refractivity contribution is 8.14. The summed E-state index contributed by atoms with van der Waals surface area (Å²) < 4.78 is 5.66. The lowest BCUT2D eigenvalue weighted by atomic mass is 10.1. The zero-order chi connectivity index (χ0) is 15.9. The van der Waals surface area contributed by atoms with E-state index in [2.05, 4.69) is 9.98 Å². The van der Waals surface area contributed by atoms with Crippen LogP contribution in [0.25, 0.3) is 0 Å². The second kappa shape index (κ2) is 8.13. The largest absolute Gasteiger partial charge is 0.491 e. The standard InChI is InChI=1S/C18H20N2O2S/c21-16(6-3-14-2-1-9-19-12-14)13-22-17-7-4-15(5-8-17)18-20-10-11-23-18/h1-2,4-5,7-9,12,16,21H,3,6,10-11,13H2/t16-/m1/s1. The summed E-state index contributed by atoms with van der Waals surface area (Å²) in [6, 6.07) is 11.8. The molecule has 0 radical (unpaired) electrons. The Bertz CT molecular complexity index is 644. The molecule has 23 heavy (non-hydrogen) atoms. The second-order valence-electron chi connectivity index (χ2n) is 5.42. The Morgan fingerprint density at radius 1 is 1.22 bits per heavy atom. The molecule has 1 aliphatic rings. The van der Waals surface area contributed by atoms with Gasteiger partial charge in [-0.1, -0.05) is 6.07 Å². The Balaban J connectivity index is 1.44. The number of aliphatic hydroxyl groups excluding tert-OH is 1. The predicted molar refractivity (Wildman–Crippen MR) is 94.4 cm³/mol. The molecule has 2 aromatic rings. The number of aliphatic hydroxyl groups is 1.